The molecule has 0 atom stereocenters. The van der Waals surface area contributed by atoms with Crippen molar-refractivity contribution in [2.45, 2.75) is 0 Å². The van der Waals surface area contributed by atoms with Gasteiger partial charge in [-0.2, -0.15) is 0 Å². The fourth-order valence-corrected chi connectivity index (χ4v) is 6.94. The van der Waals surface area contributed by atoms with E-state index in [0.717, 1.165) is 21.9 Å². The van der Waals surface area contributed by atoms with Gasteiger partial charge in [-0.15, -0.1) is 0 Å². The molecule has 0 fully saturated rings. The van der Waals surface area contributed by atoms with Crippen LogP contribution in [0.5, 0.6) is 5.75 Å². The molecule has 0 amide bonds. The predicted octanol–water partition coefficient (Wildman–Crippen LogP) is 10.0. The van der Waals surface area contributed by atoms with E-state index >= 15 is 0 Å². The molecule has 0 saturated heterocycles. The van der Waals surface area contributed by atoms with Gasteiger partial charge in [0.25, 0.3) is 0 Å². The number of benzene rings is 9. The van der Waals surface area contributed by atoms with Crippen molar-refractivity contribution in [2.24, 2.45) is 0 Å². The predicted molar refractivity (Wildman–Crippen MR) is 158 cm³/mol. The Balaban J connectivity index is 1.57. The zero-order valence-electron chi connectivity index (χ0n) is 19.9. The molecular formula is C36H20O. The minimum Gasteiger partial charge on any atom is -0.507 e. The summed E-state index contributed by atoms with van der Waals surface area (Å²) in [6, 6.07) is 41.3. The van der Waals surface area contributed by atoms with Crippen molar-refractivity contribution >= 4 is 75.4 Å². The monoisotopic (exact) mass is 468 g/mol. The highest BCUT2D eigenvalue weighted by molar-refractivity contribution is 6.37. The van der Waals surface area contributed by atoms with Crippen molar-refractivity contribution in [3.8, 4) is 16.9 Å². The maximum Gasteiger partial charge on any atom is 0.124 e. The molecule has 1 N–H and O–H groups in total. The summed E-state index contributed by atoms with van der Waals surface area (Å²) in [7, 11) is 0. The number of phenols is 1. The fourth-order valence-electron chi connectivity index (χ4n) is 6.94. The third-order valence-corrected chi connectivity index (χ3v) is 8.41. The second-order valence-corrected chi connectivity index (χ2v) is 10.2. The normalized spacial score (nSPS) is 12.4. The third-order valence-electron chi connectivity index (χ3n) is 8.41. The van der Waals surface area contributed by atoms with Crippen LogP contribution in [0.15, 0.2) is 115 Å². The number of fused-ring (bicyclic) bond motifs is 2. The van der Waals surface area contributed by atoms with Gasteiger partial charge in [-0.25, -0.2) is 0 Å². The van der Waals surface area contributed by atoms with E-state index in [1.807, 2.05) is 6.07 Å². The van der Waals surface area contributed by atoms with E-state index in [2.05, 4.69) is 109 Å². The Hall–Kier alpha value is -4.88. The van der Waals surface area contributed by atoms with Gasteiger partial charge in [0.1, 0.15) is 5.75 Å². The first-order valence-corrected chi connectivity index (χ1v) is 12.8. The summed E-state index contributed by atoms with van der Waals surface area (Å²) in [4.78, 5) is 0. The van der Waals surface area contributed by atoms with Crippen LogP contribution >= 0.6 is 0 Å². The summed E-state index contributed by atoms with van der Waals surface area (Å²) >= 11 is 0. The largest absolute Gasteiger partial charge is 0.507 e. The fraction of sp³-hybridized carbons (Fsp3) is 0. The van der Waals surface area contributed by atoms with Crippen molar-refractivity contribution in [3.63, 3.8) is 0 Å². The summed E-state index contributed by atoms with van der Waals surface area (Å²) in [5, 5.41) is 28.7. The van der Waals surface area contributed by atoms with Crippen molar-refractivity contribution in [1.29, 1.82) is 0 Å². The number of hydrogen-bond donors (Lipinski definition) is 1. The van der Waals surface area contributed by atoms with Gasteiger partial charge in [-0.1, -0.05) is 109 Å². The number of rotatable bonds is 1. The molecule has 0 aromatic heterocycles. The van der Waals surface area contributed by atoms with Crippen molar-refractivity contribution in [3.05, 3.63) is 115 Å². The standard InChI is InChI=1S/C36H20O/c37-30-19-24-9-4-11-26-25-10-2-7-20-8-3-12-29(32(20)25)36(34(24)26)35(30)28-18-16-23-14-13-21-5-1-6-22-15-17-27(28)33(23)31(21)22/h1-19,37H. The molecule has 0 aliphatic heterocycles. The molecule has 0 aliphatic rings. The summed E-state index contributed by atoms with van der Waals surface area (Å²) in [6.07, 6.45) is 0. The van der Waals surface area contributed by atoms with Crippen LogP contribution in [0.2, 0.25) is 0 Å². The second-order valence-electron chi connectivity index (χ2n) is 10.2. The maximum atomic E-state index is 11.7. The Kier molecular flexibility index (Phi) is 3.48. The molecule has 9 aromatic rings. The van der Waals surface area contributed by atoms with E-state index < -0.39 is 0 Å². The first-order chi connectivity index (χ1) is 18.3. The Labute approximate surface area is 212 Å². The lowest BCUT2D eigenvalue weighted by Crippen LogP contribution is -1.92. The van der Waals surface area contributed by atoms with Gasteiger partial charge in [0.05, 0.1) is 0 Å². The van der Waals surface area contributed by atoms with Crippen LogP contribution in [-0.4, -0.2) is 5.11 Å². The second kappa shape index (κ2) is 6.66. The minimum absolute atomic E-state index is 0.325. The van der Waals surface area contributed by atoms with Crippen LogP contribution in [0.3, 0.4) is 0 Å². The van der Waals surface area contributed by atoms with Gasteiger partial charge in [-0.05, 0) is 81.7 Å². The van der Waals surface area contributed by atoms with Crippen molar-refractivity contribution < 1.29 is 5.11 Å². The Morgan fingerprint density at radius 1 is 0.351 bits per heavy atom. The quantitative estimate of drug-likeness (QED) is 0.188. The highest BCUT2D eigenvalue weighted by Gasteiger charge is 2.21. The molecule has 9 rings (SSSR count). The maximum absolute atomic E-state index is 11.7. The van der Waals surface area contributed by atoms with Gasteiger partial charge in [-0.3, -0.25) is 0 Å². The number of phenolic OH excluding ortho intramolecular Hbond substituents is 1. The minimum atomic E-state index is 0.325. The average molecular weight is 469 g/mol. The van der Waals surface area contributed by atoms with Gasteiger partial charge < -0.3 is 5.11 Å². The SMILES string of the molecule is Oc1cc2cccc3c4cccc5cccc(c(c1-c1ccc6ccc7cccc8ccc1c6c78)c23)c54. The average Bonchev–Trinajstić information content (AvgIpc) is 2.94. The van der Waals surface area contributed by atoms with Crippen LogP contribution in [-0.2, 0) is 0 Å². The molecule has 0 heterocycles. The molecule has 0 spiro atoms. The van der Waals surface area contributed by atoms with Crippen LogP contribution in [0.4, 0.5) is 0 Å². The van der Waals surface area contributed by atoms with E-state index in [1.165, 1.54) is 64.6 Å². The molecule has 0 bridgehead atoms. The smallest absolute Gasteiger partial charge is 0.124 e. The highest BCUT2D eigenvalue weighted by Crippen LogP contribution is 2.50. The Bertz CT molecular complexity index is 2340. The molecule has 1 heteroatoms. The Morgan fingerprint density at radius 3 is 1.62 bits per heavy atom. The lowest BCUT2D eigenvalue weighted by atomic mass is 9.83. The van der Waals surface area contributed by atoms with E-state index in [0.29, 0.717) is 5.75 Å². The van der Waals surface area contributed by atoms with Gasteiger partial charge in [0, 0.05) is 10.9 Å². The number of aromatic hydroxyl groups is 1. The molecule has 0 unspecified atom stereocenters. The first kappa shape index (κ1) is 19.3. The lowest BCUT2D eigenvalue weighted by Gasteiger charge is -2.20. The van der Waals surface area contributed by atoms with E-state index in [1.54, 1.807) is 0 Å². The molecule has 1 nitrogen and oxygen atoms in total. The summed E-state index contributed by atoms with van der Waals surface area (Å²) < 4.78 is 0. The van der Waals surface area contributed by atoms with E-state index in [4.69, 9.17) is 0 Å². The molecule has 9 aromatic carbocycles. The Morgan fingerprint density at radius 2 is 0.865 bits per heavy atom. The zero-order valence-corrected chi connectivity index (χ0v) is 19.9. The molecule has 0 aliphatic carbocycles. The van der Waals surface area contributed by atoms with Gasteiger partial charge in [0.2, 0.25) is 0 Å². The summed E-state index contributed by atoms with van der Waals surface area (Å²) in [5.74, 6) is 0.325. The third kappa shape index (κ3) is 2.34. The highest BCUT2D eigenvalue weighted by atomic mass is 16.3. The van der Waals surface area contributed by atoms with E-state index in [9.17, 15) is 5.11 Å². The molecule has 37 heavy (non-hydrogen) atoms. The van der Waals surface area contributed by atoms with Gasteiger partial charge >= 0.3 is 0 Å². The topological polar surface area (TPSA) is 20.2 Å². The van der Waals surface area contributed by atoms with Crippen LogP contribution < -0.4 is 0 Å². The molecule has 0 saturated carbocycles. The van der Waals surface area contributed by atoms with Crippen LogP contribution in [0.25, 0.3) is 86.5 Å². The summed E-state index contributed by atoms with van der Waals surface area (Å²) in [6.45, 7) is 0. The van der Waals surface area contributed by atoms with Crippen molar-refractivity contribution in [1.82, 2.24) is 0 Å². The molecule has 0 radical (unpaired) electrons. The molecular weight excluding hydrogens is 448 g/mol. The van der Waals surface area contributed by atoms with E-state index in [-0.39, 0.29) is 0 Å². The lowest BCUT2D eigenvalue weighted by molar-refractivity contribution is 0.479. The zero-order chi connectivity index (χ0) is 24.2. The molecule has 170 valence electrons. The van der Waals surface area contributed by atoms with Crippen molar-refractivity contribution in [2.75, 3.05) is 0 Å². The number of hydrogen-bond acceptors (Lipinski definition) is 1. The first-order valence-electron chi connectivity index (χ1n) is 12.8. The summed E-state index contributed by atoms with van der Waals surface area (Å²) in [5.41, 5.74) is 1.99. The van der Waals surface area contributed by atoms with Crippen LogP contribution in [0.1, 0.15) is 0 Å². The van der Waals surface area contributed by atoms with Gasteiger partial charge in [0.15, 0.2) is 0 Å². The van der Waals surface area contributed by atoms with Crippen LogP contribution in [0, 0.1) is 0 Å².